The fourth-order valence-electron chi connectivity index (χ4n) is 1.82. The van der Waals surface area contributed by atoms with E-state index < -0.39 is 0 Å². The summed E-state index contributed by atoms with van der Waals surface area (Å²) in [5, 5.41) is 9.39. The third kappa shape index (κ3) is 3.20. The Morgan fingerprint density at radius 1 is 1.31 bits per heavy atom. The van der Waals surface area contributed by atoms with Gasteiger partial charge >= 0.3 is 0 Å². The predicted molar refractivity (Wildman–Crippen MR) is 66.8 cm³/mol. The highest BCUT2D eigenvalue weighted by Gasteiger charge is 2.10. The minimum Gasteiger partial charge on any atom is -0.507 e. The Balaban J connectivity index is 1.86. The van der Waals surface area contributed by atoms with Gasteiger partial charge in [-0.25, -0.2) is 0 Å². The highest BCUT2D eigenvalue weighted by Crippen LogP contribution is 2.24. The Morgan fingerprint density at radius 2 is 2.06 bits per heavy atom. The molecule has 4 heteroatoms. The molecule has 1 aromatic rings. The lowest BCUT2D eigenvalue weighted by molar-refractivity contribution is 0.0384. The quantitative estimate of drug-likeness (QED) is 0.923. The first-order valence-corrected chi connectivity index (χ1v) is 6.32. The van der Waals surface area contributed by atoms with Crippen LogP contribution in [0.1, 0.15) is 5.56 Å². The predicted octanol–water partition coefficient (Wildman–Crippen LogP) is 2.03. The van der Waals surface area contributed by atoms with Crippen LogP contribution in [0.25, 0.3) is 0 Å². The van der Waals surface area contributed by atoms with Crippen molar-refractivity contribution in [3.8, 4) is 5.75 Å². The van der Waals surface area contributed by atoms with E-state index in [1.807, 2.05) is 12.1 Å². The van der Waals surface area contributed by atoms with Crippen molar-refractivity contribution in [1.29, 1.82) is 0 Å². The van der Waals surface area contributed by atoms with Crippen LogP contribution >= 0.6 is 15.9 Å². The number of rotatable bonds is 3. The molecule has 0 aliphatic carbocycles. The maximum atomic E-state index is 9.39. The van der Waals surface area contributed by atoms with E-state index in [0.717, 1.165) is 43.7 Å². The Morgan fingerprint density at radius 3 is 2.75 bits per heavy atom. The molecule has 0 saturated carbocycles. The van der Waals surface area contributed by atoms with Gasteiger partial charge in [-0.2, -0.15) is 0 Å². The summed E-state index contributed by atoms with van der Waals surface area (Å²) in [6, 6.07) is 5.69. The average Bonchev–Trinajstić information content (AvgIpc) is 2.32. The lowest BCUT2D eigenvalue weighted by Crippen LogP contribution is -2.37. The molecule has 2 rings (SSSR count). The number of morpholine rings is 1. The monoisotopic (exact) mass is 285 g/mol. The van der Waals surface area contributed by atoms with Gasteiger partial charge in [0.05, 0.1) is 17.7 Å². The fraction of sp³-hybridized carbons (Fsp3) is 0.500. The summed E-state index contributed by atoms with van der Waals surface area (Å²) in [5.74, 6) is 0.301. The number of halogens is 1. The Kier molecular flexibility index (Phi) is 4.21. The number of phenols is 1. The molecule has 0 amide bonds. The molecule has 0 radical (unpaired) electrons. The molecule has 1 fully saturated rings. The van der Waals surface area contributed by atoms with Crippen LogP contribution in [0.3, 0.4) is 0 Å². The zero-order valence-electron chi connectivity index (χ0n) is 9.16. The van der Waals surface area contributed by atoms with Gasteiger partial charge in [0, 0.05) is 19.6 Å². The molecule has 1 saturated heterocycles. The van der Waals surface area contributed by atoms with Crippen LogP contribution in [0.2, 0.25) is 0 Å². The van der Waals surface area contributed by atoms with E-state index in [-0.39, 0.29) is 0 Å². The average molecular weight is 286 g/mol. The van der Waals surface area contributed by atoms with E-state index >= 15 is 0 Å². The van der Waals surface area contributed by atoms with E-state index in [9.17, 15) is 5.11 Å². The van der Waals surface area contributed by atoms with Crippen molar-refractivity contribution in [2.24, 2.45) is 0 Å². The molecule has 0 spiro atoms. The normalized spacial score (nSPS) is 17.6. The van der Waals surface area contributed by atoms with Crippen molar-refractivity contribution in [3.63, 3.8) is 0 Å². The van der Waals surface area contributed by atoms with E-state index in [1.165, 1.54) is 5.56 Å². The summed E-state index contributed by atoms with van der Waals surface area (Å²) < 4.78 is 6.07. The highest BCUT2D eigenvalue weighted by molar-refractivity contribution is 9.10. The van der Waals surface area contributed by atoms with E-state index in [4.69, 9.17) is 4.74 Å². The maximum Gasteiger partial charge on any atom is 0.129 e. The number of nitrogens with zero attached hydrogens (tertiary/aromatic N) is 1. The van der Waals surface area contributed by atoms with E-state index in [1.54, 1.807) is 6.07 Å². The van der Waals surface area contributed by atoms with Gasteiger partial charge < -0.3 is 9.84 Å². The molecule has 1 aliphatic rings. The number of hydrogen-bond donors (Lipinski definition) is 1. The van der Waals surface area contributed by atoms with Crippen molar-refractivity contribution in [2.75, 3.05) is 32.8 Å². The summed E-state index contributed by atoms with van der Waals surface area (Å²) in [6.07, 6.45) is 1.01. The molecular weight excluding hydrogens is 270 g/mol. The first kappa shape index (κ1) is 11.9. The van der Waals surface area contributed by atoms with Gasteiger partial charge in [-0.1, -0.05) is 6.07 Å². The number of aromatic hydroxyl groups is 1. The largest absolute Gasteiger partial charge is 0.507 e. The van der Waals surface area contributed by atoms with Gasteiger partial charge in [0.25, 0.3) is 0 Å². The van der Waals surface area contributed by atoms with Crippen LogP contribution in [0.15, 0.2) is 22.7 Å². The Hall–Kier alpha value is -0.580. The fourth-order valence-corrected chi connectivity index (χ4v) is 2.24. The molecule has 1 N–H and O–H groups in total. The molecule has 0 bridgehead atoms. The van der Waals surface area contributed by atoms with Crippen molar-refractivity contribution in [1.82, 2.24) is 4.90 Å². The molecular formula is C12H16BrNO2. The third-order valence-corrected chi connectivity index (χ3v) is 3.47. The van der Waals surface area contributed by atoms with Crippen LogP contribution in [0.5, 0.6) is 5.75 Å². The lowest BCUT2D eigenvalue weighted by Gasteiger charge is -2.26. The summed E-state index contributed by atoms with van der Waals surface area (Å²) >= 11 is 3.33. The molecule has 88 valence electrons. The first-order chi connectivity index (χ1) is 7.75. The minimum atomic E-state index is 0.301. The van der Waals surface area contributed by atoms with Crippen LogP contribution in [-0.4, -0.2) is 42.9 Å². The van der Waals surface area contributed by atoms with Crippen LogP contribution in [-0.2, 0) is 11.2 Å². The number of phenolic OH excluding ortho intramolecular Hbond substituents is 1. The zero-order valence-corrected chi connectivity index (χ0v) is 10.7. The van der Waals surface area contributed by atoms with Crippen molar-refractivity contribution >= 4 is 15.9 Å². The summed E-state index contributed by atoms with van der Waals surface area (Å²) in [7, 11) is 0. The molecule has 3 nitrogen and oxygen atoms in total. The third-order valence-electron chi connectivity index (χ3n) is 2.83. The van der Waals surface area contributed by atoms with Crippen LogP contribution < -0.4 is 0 Å². The van der Waals surface area contributed by atoms with Gasteiger partial charge in [0.1, 0.15) is 5.75 Å². The zero-order chi connectivity index (χ0) is 11.4. The number of benzene rings is 1. The second kappa shape index (κ2) is 5.66. The van der Waals surface area contributed by atoms with E-state index in [0.29, 0.717) is 5.75 Å². The van der Waals surface area contributed by atoms with Crippen LogP contribution in [0.4, 0.5) is 0 Å². The van der Waals surface area contributed by atoms with Crippen molar-refractivity contribution in [2.45, 2.75) is 6.42 Å². The first-order valence-electron chi connectivity index (χ1n) is 5.53. The van der Waals surface area contributed by atoms with Gasteiger partial charge in [-0.05, 0) is 40.0 Å². The SMILES string of the molecule is Oc1ccc(CCN2CCOCC2)cc1Br. The molecule has 0 aromatic heterocycles. The van der Waals surface area contributed by atoms with E-state index in [2.05, 4.69) is 20.8 Å². The summed E-state index contributed by atoms with van der Waals surface area (Å²) in [5.41, 5.74) is 1.25. The smallest absolute Gasteiger partial charge is 0.129 e. The summed E-state index contributed by atoms with van der Waals surface area (Å²) in [4.78, 5) is 2.41. The topological polar surface area (TPSA) is 32.7 Å². The van der Waals surface area contributed by atoms with Gasteiger partial charge in [0.2, 0.25) is 0 Å². The second-order valence-corrected chi connectivity index (χ2v) is 4.84. The minimum absolute atomic E-state index is 0.301. The molecule has 1 aliphatic heterocycles. The molecule has 1 aromatic carbocycles. The van der Waals surface area contributed by atoms with Gasteiger partial charge in [-0.15, -0.1) is 0 Å². The highest BCUT2D eigenvalue weighted by atomic mass is 79.9. The molecule has 16 heavy (non-hydrogen) atoms. The van der Waals surface area contributed by atoms with Gasteiger partial charge in [0.15, 0.2) is 0 Å². The standard InChI is InChI=1S/C12H16BrNO2/c13-11-9-10(1-2-12(11)15)3-4-14-5-7-16-8-6-14/h1-2,9,15H,3-8H2. The number of hydrogen-bond acceptors (Lipinski definition) is 3. The number of ether oxygens (including phenoxy) is 1. The molecule has 0 unspecified atom stereocenters. The Bertz CT molecular complexity index is 351. The molecule has 1 heterocycles. The molecule has 0 atom stereocenters. The maximum absolute atomic E-state index is 9.39. The summed E-state index contributed by atoms with van der Waals surface area (Å²) in [6.45, 7) is 4.80. The van der Waals surface area contributed by atoms with Crippen LogP contribution in [0, 0.1) is 0 Å². The van der Waals surface area contributed by atoms with Crippen molar-refractivity contribution < 1.29 is 9.84 Å². The Labute approximate surface area is 104 Å². The van der Waals surface area contributed by atoms with Gasteiger partial charge in [-0.3, -0.25) is 4.90 Å². The lowest BCUT2D eigenvalue weighted by atomic mass is 10.1. The second-order valence-electron chi connectivity index (χ2n) is 3.99. The van der Waals surface area contributed by atoms with Crippen molar-refractivity contribution in [3.05, 3.63) is 28.2 Å².